The third-order valence-corrected chi connectivity index (χ3v) is 2.97. The van der Waals surface area contributed by atoms with Crippen molar-refractivity contribution >= 4 is 5.97 Å². The van der Waals surface area contributed by atoms with E-state index in [-0.39, 0.29) is 5.56 Å². The molecule has 20 heavy (non-hydrogen) atoms. The number of ether oxygens (including phenoxy) is 1. The van der Waals surface area contributed by atoms with Crippen LogP contribution in [0.1, 0.15) is 35.9 Å². The number of nitrogens with zero attached hydrogens (tertiary/aromatic N) is 2. The van der Waals surface area contributed by atoms with Crippen LogP contribution < -0.4 is 4.74 Å². The molecule has 1 aromatic heterocycles. The fraction of sp³-hybridized carbons (Fsp3) is 0.333. The number of rotatable bonds is 6. The van der Waals surface area contributed by atoms with Gasteiger partial charge in [0.15, 0.2) is 0 Å². The zero-order valence-corrected chi connectivity index (χ0v) is 11.6. The van der Waals surface area contributed by atoms with Crippen LogP contribution >= 0.6 is 0 Å². The predicted molar refractivity (Wildman–Crippen MR) is 75.2 cm³/mol. The van der Waals surface area contributed by atoms with Gasteiger partial charge in [0.25, 0.3) is 0 Å². The zero-order valence-electron chi connectivity index (χ0n) is 11.6. The van der Waals surface area contributed by atoms with Crippen molar-refractivity contribution in [2.45, 2.75) is 26.3 Å². The summed E-state index contributed by atoms with van der Waals surface area (Å²) in [6.45, 7) is 5.21. The second-order valence-electron chi connectivity index (χ2n) is 4.78. The second kappa shape index (κ2) is 6.23. The van der Waals surface area contributed by atoms with Crippen LogP contribution in [0.3, 0.4) is 0 Å². The van der Waals surface area contributed by atoms with Crippen LogP contribution in [0.2, 0.25) is 0 Å². The smallest absolute Gasteiger partial charge is 0.339 e. The maximum absolute atomic E-state index is 11.1. The first kappa shape index (κ1) is 14.1. The fourth-order valence-corrected chi connectivity index (χ4v) is 2.03. The lowest BCUT2D eigenvalue weighted by atomic mass is 10.2. The summed E-state index contributed by atoms with van der Waals surface area (Å²) in [6.07, 6.45) is 3.67. The summed E-state index contributed by atoms with van der Waals surface area (Å²) in [7, 11) is 0. The summed E-state index contributed by atoms with van der Waals surface area (Å²) in [4.78, 5) is 15.4. The standard InChI is InChI=1S/C15H18N2O3/c1-11(2)14-16-7-8-17(14)9-10-20-13-6-4-3-5-12(13)15(18)19/h3-8,11H,9-10H2,1-2H3,(H,18,19). The molecular formula is C15H18N2O3. The maximum Gasteiger partial charge on any atom is 0.339 e. The Kier molecular flexibility index (Phi) is 4.40. The van der Waals surface area contributed by atoms with Crippen LogP contribution in [0, 0.1) is 0 Å². The second-order valence-corrected chi connectivity index (χ2v) is 4.78. The summed E-state index contributed by atoms with van der Waals surface area (Å²) in [5.74, 6) is 0.758. The van der Waals surface area contributed by atoms with E-state index in [1.807, 2.05) is 10.8 Å². The number of hydrogen-bond donors (Lipinski definition) is 1. The van der Waals surface area contributed by atoms with Crippen LogP contribution in [-0.2, 0) is 6.54 Å². The van der Waals surface area contributed by atoms with Crippen molar-refractivity contribution in [3.05, 3.63) is 48.0 Å². The van der Waals surface area contributed by atoms with Gasteiger partial charge in [-0.3, -0.25) is 0 Å². The minimum absolute atomic E-state index is 0.183. The van der Waals surface area contributed by atoms with Crippen molar-refractivity contribution in [3.63, 3.8) is 0 Å². The van der Waals surface area contributed by atoms with Gasteiger partial charge in [0.05, 0.1) is 6.54 Å². The normalized spacial score (nSPS) is 10.8. The van der Waals surface area contributed by atoms with Gasteiger partial charge in [0.1, 0.15) is 23.7 Å². The van der Waals surface area contributed by atoms with Gasteiger partial charge < -0.3 is 14.4 Å². The van der Waals surface area contributed by atoms with Gasteiger partial charge in [0, 0.05) is 18.3 Å². The molecule has 0 bridgehead atoms. The number of aromatic carboxylic acids is 1. The molecule has 0 atom stereocenters. The summed E-state index contributed by atoms with van der Waals surface area (Å²) >= 11 is 0. The molecule has 106 valence electrons. The first-order chi connectivity index (χ1) is 9.59. The molecule has 2 aromatic rings. The average molecular weight is 274 g/mol. The van der Waals surface area contributed by atoms with E-state index in [1.165, 1.54) is 6.07 Å². The third kappa shape index (κ3) is 3.17. The van der Waals surface area contributed by atoms with Crippen LogP contribution in [0.15, 0.2) is 36.7 Å². The molecule has 0 saturated heterocycles. The zero-order chi connectivity index (χ0) is 14.5. The highest BCUT2D eigenvalue weighted by Gasteiger charge is 2.11. The quantitative estimate of drug-likeness (QED) is 0.879. The van der Waals surface area contributed by atoms with E-state index < -0.39 is 5.97 Å². The number of imidazole rings is 1. The molecule has 5 heteroatoms. The first-order valence-corrected chi connectivity index (χ1v) is 6.55. The first-order valence-electron chi connectivity index (χ1n) is 6.55. The van der Waals surface area contributed by atoms with Gasteiger partial charge >= 0.3 is 5.97 Å². The lowest BCUT2D eigenvalue weighted by Crippen LogP contribution is -2.12. The SMILES string of the molecule is CC(C)c1nccn1CCOc1ccccc1C(=O)O. The molecule has 0 spiro atoms. The summed E-state index contributed by atoms with van der Waals surface area (Å²) < 4.78 is 7.60. The van der Waals surface area contributed by atoms with Gasteiger partial charge in [-0.15, -0.1) is 0 Å². The van der Waals surface area contributed by atoms with Gasteiger partial charge in [-0.25, -0.2) is 9.78 Å². The molecular weight excluding hydrogens is 256 g/mol. The number of carbonyl (C=O) groups is 1. The lowest BCUT2D eigenvalue weighted by Gasteiger charge is -2.12. The number of para-hydroxylation sites is 1. The van der Waals surface area contributed by atoms with Crippen molar-refractivity contribution in [2.75, 3.05) is 6.61 Å². The Morgan fingerprint density at radius 2 is 2.15 bits per heavy atom. The average Bonchev–Trinajstić information content (AvgIpc) is 2.87. The molecule has 0 radical (unpaired) electrons. The van der Waals surface area contributed by atoms with Gasteiger partial charge in [-0.2, -0.15) is 0 Å². The van der Waals surface area contributed by atoms with E-state index in [2.05, 4.69) is 18.8 Å². The van der Waals surface area contributed by atoms with Crippen LogP contribution in [0.5, 0.6) is 5.75 Å². The Labute approximate surface area is 117 Å². The molecule has 0 aliphatic heterocycles. The molecule has 5 nitrogen and oxygen atoms in total. The Morgan fingerprint density at radius 1 is 1.40 bits per heavy atom. The molecule has 2 rings (SSSR count). The highest BCUT2D eigenvalue weighted by atomic mass is 16.5. The topological polar surface area (TPSA) is 64.4 Å². The molecule has 0 saturated carbocycles. The summed E-state index contributed by atoms with van der Waals surface area (Å²) in [5, 5.41) is 9.07. The van der Waals surface area contributed by atoms with Gasteiger partial charge in [0.2, 0.25) is 0 Å². The molecule has 0 aliphatic rings. The van der Waals surface area contributed by atoms with Crippen LogP contribution in [-0.4, -0.2) is 27.2 Å². The van der Waals surface area contributed by atoms with Gasteiger partial charge in [-0.1, -0.05) is 26.0 Å². The molecule has 1 heterocycles. The highest BCUT2D eigenvalue weighted by molar-refractivity contribution is 5.90. The number of aromatic nitrogens is 2. The number of carboxylic acids is 1. The van der Waals surface area contributed by atoms with Crippen LogP contribution in [0.4, 0.5) is 0 Å². The molecule has 0 amide bonds. The van der Waals surface area contributed by atoms with E-state index >= 15 is 0 Å². The van der Waals surface area contributed by atoms with E-state index in [9.17, 15) is 4.79 Å². The van der Waals surface area contributed by atoms with Gasteiger partial charge in [-0.05, 0) is 12.1 Å². The molecule has 1 aromatic carbocycles. The minimum atomic E-state index is -0.980. The molecule has 0 aliphatic carbocycles. The van der Waals surface area contributed by atoms with Crippen molar-refractivity contribution in [1.82, 2.24) is 9.55 Å². The largest absolute Gasteiger partial charge is 0.491 e. The van der Waals surface area contributed by atoms with E-state index in [4.69, 9.17) is 9.84 Å². The lowest BCUT2D eigenvalue weighted by molar-refractivity contribution is 0.0692. The Bertz CT molecular complexity index is 590. The summed E-state index contributed by atoms with van der Waals surface area (Å²) in [5.41, 5.74) is 0.183. The van der Waals surface area contributed by atoms with E-state index in [0.717, 1.165) is 5.82 Å². The number of hydrogen-bond acceptors (Lipinski definition) is 3. The Balaban J connectivity index is 2.00. The van der Waals surface area contributed by atoms with Crippen molar-refractivity contribution in [3.8, 4) is 5.75 Å². The molecule has 0 unspecified atom stereocenters. The Morgan fingerprint density at radius 3 is 2.85 bits per heavy atom. The number of carboxylic acid groups (broad SMARTS) is 1. The minimum Gasteiger partial charge on any atom is -0.491 e. The van der Waals surface area contributed by atoms with Crippen molar-refractivity contribution in [1.29, 1.82) is 0 Å². The van der Waals surface area contributed by atoms with Crippen LogP contribution in [0.25, 0.3) is 0 Å². The monoisotopic (exact) mass is 274 g/mol. The van der Waals surface area contributed by atoms with Crippen molar-refractivity contribution in [2.24, 2.45) is 0 Å². The number of benzene rings is 1. The third-order valence-electron chi connectivity index (χ3n) is 2.97. The van der Waals surface area contributed by atoms with E-state index in [1.54, 1.807) is 24.4 Å². The molecule has 0 fully saturated rings. The summed E-state index contributed by atoms with van der Waals surface area (Å²) in [6, 6.07) is 6.65. The maximum atomic E-state index is 11.1. The predicted octanol–water partition coefficient (Wildman–Crippen LogP) is 2.78. The molecule has 1 N–H and O–H groups in total. The fourth-order valence-electron chi connectivity index (χ4n) is 2.03. The van der Waals surface area contributed by atoms with E-state index in [0.29, 0.717) is 24.8 Å². The van der Waals surface area contributed by atoms with Crippen molar-refractivity contribution < 1.29 is 14.6 Å². The highest BCUT2D eigenvalue weighted by Crippen LogP contribution is 2.18. The Hall–Kier alpha value is -2.30.